The number of rotatable bonds is 8. The third-order valence-electron chi connectivity index (χ3n) is 2.90. The molecule has 1 saturated carbocycles. The van der Waals surface area contributed by atoms with E-state index in [2.05, 4.69) is 14.9 Å². The first kappa shape index (κ1) is 15.2. The van der Waals surface area contributed by atoms with Gasteiger partial charge in [0.25, 0.3) is 0 Å². The van der Waals surface area contributed by atoms with Crippen molar-refractivity contribution in [3.05, 3.63) is 11.7 Å². The van der Waals surface area contributed by atoms with Crippen molar-refractivity contribution in [2.45, 2.75) is 44.3 Å². The third kappa shape index (κ3) is 4.14. The Hall–Kier alpha value is -1.22. The number of aromatic nitrogens is 2. The van der Waals surface area contributed by atoms with Gasteiger partial charge in [-0.15, -0.1) is 0 Å². The van der Waals surface area contributed by atoms with Crippen LogP contribution < -0.4 is 0 Å². The minimum atomic E-state index is -4.20. The fourth-order valence-electron chi connectivity index (χ4n) is 1.60. The van der Waals surface area contributed by atoms with Crippen LogP contribution in [0.15, 0.2) is 4.52 Å². The summed E-state index contributed by atoms with van der Waals surface area (Å²) in [6, 6.07) is 0. The highest BCUT2D eigenvalue weighted by Gasteiger charge is 2.41. The van der Waals surface area contributed by atoms with E-state index in [4.69, 9.17) is 4.52 Å². The molecule has 9 heteroatoms. The van der Waals surface area contributed by atoms with Gasteiger partial charge in [0.2, 0.25) is 5.89 Å². The maximum absolute atomic E-state index is 12.5. The fourth-order valence-corrected chi connectivity index (χ4v) is 1.60. The second-order valence-electron chi connectivity index (χ2n) is 4.77. The van der Waals surface area contributed by atoms with Crippen LogP contribution in [0.2, 0.25) is 0 Å². The average Bonchev–Trinajstić information content (AvgIpc) is 3.12. The lowest BCUT2D eigenvalue weighted by Gasteiger charge is -2.14. The van der Waals surface area contributed by atoms with Crippen molar-refractivity contribution in [1.29, 1.82) is 0 Å². The minimum Gasteiger partial charge on any atom is -0.392 e. The molecule has 0 bridgehead atoms. The highest BCUT2D eigenvalue weighted by Crippen LogP contribution is 2.33. The van der Waals surface area contributed by atoms with Crippen molar-refractivity contribution in [2.75, 3.05) is 6.61 Å². The standard InChI is InChI=1S/C11H14F4N2O3/c12-10(13)11(14,15)5-19-4-8-16-9(20-17-8)3-7(18)6-1-2-6/h6-7,10,18H,1-5H2. The molecular weight excluding hydrogens is 284 g/mol. The Kier molecular flexibility index (Phi) is 4.59. The van der Waals surface area contributed by atoms with Gasteiger partial charge in [0.15, 0.2) is 5.82 Å². The summed E-state index contributed by atoms with van der Waals surface area (Å²) in [7, 11) is 0. The molecule has 0 amide bonds. The molecule has 1 aromatic rings. The van der Waals surface area contributed by atoms with E-state index in [9.17, 15) is 22.7 Å². The van der Waals surface area contributed by atoms with Crippen molar-refractivity contribution in [2.24, 2.45) is 5.92 Å². The van der Waals surface area contributed by atoms with E-state index >= 15 is 0 Å². The van der Waals surface area contributed by atoms with E-state index < -0.39 is 31.7 Å². The number of hydrogen-bond acceptors (Lipinski definition) is 5. The monoisotopic (exact) mass is 298 g/mol. The lowest BCUT2D eigenvalue weighted by Crippen LogP contribution is -2.32. The van der Waals surface area contributed by atoms with Gasteiger partial charge in [-0.25, -0.2) is 8.78 Å². The van der Waals surface area contributed by atoms with Gasteiger partial charge < -0.3 is 14.4 Å². The van der Waals surface area contributed by atoms with Gasteiger partial charge in [-0.1, -0.05) is 5.16 Å². The molecule has 1 unspecified atom stereocenters. The van der Waals surface area contributed by atoms with Crippen molar-refractivity contribution >= 4 is 0 Å². The van der Waals surface area contributed by atoms with E-state index in [-0.39, 0.29) is 24.1 Å². The third-order valence-corrected chi connectivity index (χ3v) is 2.90. The summed E-state index contributed by atoms with van der Waals surface area (Å²) >= 11 is 0. The first-order valence-corrected chi connectivity index (χ1v) is 6.11. The second kappa shape index (κ2) is 6.04. The van der Waals surface area contributed by atoms with E-state index in [1.807, 2.05) is 0 Å². The van der Waals surface area contributed by atoms with Crippen LogP contribution >= 0.6 is 0 Å². The van der Waals surface area contributed by atoms with Crippen LogP contribution in [0.25, 0.3) is 0 Å². The lowest BCUT2D eigenvalue weighted by atomic mass is 10.2. The van der Waals surface area contributed by atoms with Crippen LogP contribution in [-0.2, 0) is 17.8 Å². The molecule has 1 heterocycles. The summed E-state index contributed by atoms with van der Waals surface area (Å²) in [5.74, 6) is -3.81. The molecule has 114 valence electrons. The van der Waals surface area contributed by atoms with Crippen LogP contribution in [0.3, 0.4) is 0 Å². The van der Waals surface area contributed by atoms with Crippen LogP contribution in [-0.4, -0.2) is 40.3 Å². The van der Waals surface area contributed by atoms with Crippen LogP contribution in [0, 0.1) is 5.92 Å². The molecule has 1 aliphatic carbocycles. The van der Waals surface area contributed by atoms with Gasteiger partial charge in [0, 0.05) is 0 Å². The zero-order valence-electron chi connectivity index (χ0n) is 10.4. The summed E-state index contributed by atoms with van der Waals surface area (Å²) in [5, 5.41) is 13.1. The summed E-state index contributed by atoms with van der Waals surface area (Å²) < 4.78 is 58.1. The zero-order chi connectivity index (χ0) is 14.8. The molecule has 1 atom stereocenters. The first-order chi connectivity index (χ1) is 9.38. The Morgan fingerprint density at radius 3 is 2.70 bits per heavy atom. The largest absolute Gasteiger partial charge is 0.392 e. The SMILES string of the molecule is OC(Cc1nc(COCC(F)(F)C(F)F)no1)C1CC1. The molecule has 20 heavy (non-hydrogen) atoms. The Labute approximate surface area is 111 Å². The molecule has 0 radical (unpaired) electrons. The number of ether oxygens (including phenoxy) is 1. The normalized spacial score (nSPS) is 17.7. The Balaban J connectivity index is 1.75. The number of nitrogens with zero attached hydrogens (tertiary/aromatic N) is 2. The number of aliphatic hydroxyl groups excluding tert-OH is 1. The summed E-state index contributed by atoms with van der Waals surface area (Å²) in [6.45, 7) is -1.87. The molecule has 1 aliphatic rings. The lowest BCUT2D eigenvalue weighted by molar-refractivity contribution is -0.168. The Morgan fingerprint density at radius 2 is 2.10 bits per heavy atom. The molecule has 0 saturated heterocycles. The Bertz CT molecular complexity index is 437. The van der Waals surface area contributed by atoms with E-state index in [0.717, 1.165) is 12.8 Å². The number of aliphatic hydroxyl groups is 1. The second-order valence-corrected chi connectivity index (χ2v) is 4.77. The van der Waals surface area contributed by atoms with Crippen molar-refractivity contribution in [3.63, 3.8) is 0 Å². The summed E-state index contributed by atoms with van der Waals surface area (Å²) in [4.78, 5) is 3.83. The highest BCUT2D eigenvalue weighted by molar-refractivity contribution is 4.91. The molecular formula is C11H14F4N2O3. The number of hydrogen-bond donors (Lipinski definition) is 1. The van der Waals surface area contributed by atoms with Crippen molar-refractivity contribution < 1.29 is 31.9 Å². The number of alkyl halides is 4. The van der Waals surface area contributed by atoms with Crippen LogP contribution in [0.1, 0.15) is 24.6 Å². The van der Waals surface area contributed by atoms with Gasteiger partial charge in [-0.2, -0.15) is 13.8 Å². The molecule has 1 aromatic heterocycles. The summed E-state index contributed by atoms with van der Waals surface area (Å²) in [5.41, 5.74) is 0. The van der Waals surface area contributed by atoms with Crippen LogP contribution in [0.4, 0.5) is 17.6 Å². The fraction of sp³-hybridized carbons (Fsp3) is 0.818. The average molecular weight is 298 g/mol. The van der Waals surface area contributed by atoms with Gasteiger partial charge in [0.05, 0.1) is 12.5 Å². The van der Waals surface area contributed by atoms with E-state index in [1.54, 1.807) is 0 Å². The predicted octanol–water partition coefficient (Wildman–Crippen LogP) is 1.80. The maximum Gasteiger partial charge on any atom is 0.330 e. The van der Waals surface area contributed by atoms with Gasteiger partial charge in [-0.3, -0.25) is 0 Å². The highest BCUT2D eigenvalue weighted by atomic mass is 19.3. The first-order valence-electron chi connectivity index (χ1n) is 6.11. The number of halogens is 4. The molecule has 0 aliphatic heterocycles. The van der Waals surface area contributed by atoms with E-state index in [0.29, 0.717) is 0 Å². The molecule has 0 aromatic carbocycles. The molecule has 5 nitrogen and oxygen atoms in total. The quantitative estimate of drug-likeness (QED) is 0.741. The van der Waals surface area contributed by atoms with Gasteiger partial charge in [-0.05, 0) is 18.8 Å². The van der Waals surface area contributed by atoms with Crippen LogP contribution in [0.5, 0.6) is 0 Å². The molecule has 1 fully saturated rings. The summed E-state index contributed by atoms with van der Waals surface area (Å²) in [6.07, 6.45) is -2.25. The Morgan fingerprint density at radius 1 is 1.40 bits per heavy atom. The molecule has 2 rings (SSSR count). The minimum absolute atomic E-state index is 0.0203. The maximum atomic E-state index is 12.5. The van der Waals surface area contributed by atoms with E-state index in [1.165, 1.54) is 0 Å². The molecule has 0 spiro atoms. The van der Waals surface area contributed by atoms with Crippen molar-refractivity contribution in [3.8, 4) is 0 Å². The van der Waals surface area contributed by atoms with Gasteiger partial charge in [0.1, 0.15) is 13.2 Å². The zero-order valence-corrected chi connectivity index (χ0v) is 10.4. The predicted molar refractivity (Wildman–Crippen MR) is 57.3 cm³/mol. The smallest absolute Gasteiger partial charge is 0.330 e. The van der Waals surface area contributed by atoms with Gasteiger partial charge >= 0.3 is 12.3 Å². The topological polar surface area (TPSA) is 68.4 Å². The molecule has 1 N–H and O–H groups in total. The van der Waals surface area contributed by atoms with Crippen molar-refractivity contribution in [1.82, 2.24) is 10.1 Å².